The van der Waals surface area contributed by atoms with E-state index in [0.717, 1.165) is 18.4 Å². The predicted molar refractivity (Wildman–Crippen MR) is 93.6 cm³/mol. The minimum atomic E-state index is -1.71. The fourth-order valence-corrected chi connectivity index (χ4v) is 7.11. The summed E-state index contributed by atoms with van der Waals surface area (Å²) in [5.74, 6) is -0.277. The molecule has 8 atom stereocenters. The molecule has 0 saturated heterocycles. The number of ketones is 1. The first-order chi connectivity index (χ1) is 11.5. The summed E-state index contributed by atoms with van der Waals surface area (Å²) in [6.45, 7) is 7.68. The highest BCUT2D eigenvalue weighted by Gasteiger charge is 2.72. The maximum atomic E-state index is 16.8. The van der Waals surface area contributed by atoms with E-state index in [4.69, 9.17) is 0 Å². The van der Waals surface area contributed by atoms with Crippen LogP contribution in [0.3, 0.4) is 0 Å². The summed E-state index contributed by atoms with van der Waals surface area (Å²) >= 11 is 0. The fourth-order valence-electron chi connectivity index (χ4n) is 7.11. The lowest BCUT2D eigenvalue weighted by atomic mass is 9.43. The van der Waals surface area contributed by atoms with Crippen LogP contribution in [0.5, 0.6) is 0 Å². The Kier molecular flexibility index (Phi) is 3.50. The van der Waals surface area contributed by atoms with Crippen LogP contribution < -0.4 is 0 Å². The zero-order valence-electron chi connectivity index (χ0n) is 15.8. The van der Waals surface area contributed by atoms with Crippen molar-refractivity contribution in [1.29, 1.82) is 0 Å². The van der Waals surface area contributed by atoms with Crippen molar-refractivity contribution in [3.8, 4) is 0 Å². The summed E-state index contributed by atoms with van der Waals surface area (Å²) in [5.41, 5.74) is -2.90. The van der Waals surface area contributed by atoms with E-state index in [1.165, 1.54) is 0 Å². The lowest BCUT2D eigenvalue weighted by molar-refractivity contribution is -0.226. The highest BCUT2D eigenvalue weighted by atomic mass is 19.1. The smallest absolute Gasteiger partial charge is 0.158 e. The van der Waals surface area contributed by atoms with Crippen LogP contribution in [0, 0.1) is 28.6 Å². The fraction of sp³-hybridized carbons (Fsp3) is 0.857. The second-order valence-corrected chi connectivity index (χ2v) is 9.98. The molecule has 3 saturated carbocycles. The van der Waals surface area contributed by atoms with Gasteiger partial charge < -0.3 is 10.2 Å². The molecule has 4 aliphatic carbocycles. The molecule has 4 rings (SSSR count). The van der Waals surface area contributed by atoms with Gasteiger partial charge in [0, 0.05) is 22.7 Å². The molecule has 140 valence electrons. The number of allylic oxidation sites excluding steroid dienone is 1. The zero-order valence-corrected chi connectivity index (χ0v) is 15.8. The maximum Gasteiger partial charge on any atom is 0.158 e. The number of carbonyl (C=O) groups excluding carboxylic acids is 1. The quantitative estimate of drug-likeness (QED) is 0.702. The van der Waals surface area contributed by atoms with E-state index in [2.05, 4.69) is 0 Å². The number of aliphatic hydroxyl groups is 2. The number of carbonyl (C=O) groups is 1. The standard InChI is InChI=1S/C21H31FO3/c1-12-10-18(2)13(9-16(12)23)5-6-15-14-7-8-20(4,25)19(14,3)11-17(24)21(15,18)22/h9,12,14-15,17,24-25H,5-8,10-11H2,1-4H3/t12?,14-,15-,17?,18-,19-,20?,21-/m0/s1. The summed E-state index contributed by atoms with van der Waals surface area (Å²) in [6.07, 6.45) is 4.21. The Bertz CT molecular complexity index is 656. The second-order valence-electron chi connectivity index (χ2n) is 9.98. The Morgan fingerprint density at radius 1 is 1.16 bits per heavy atom. The molecular formula is C21H31FO3. The molecule has 0 amide bonds. The van der Waals surface area contributed by atoms with Crippen molar-refractivity contribution in [1.82, 2.24) is 0 Å². The van der Waals surface area contributed by atoms with Gasteiger partial charge in [-0.2, -0.15) is 0 Å². The molecular weight excluding hydrogens is 319 g/mol. The summed E-state index contributed by atoms with van der Waals surface area (Å²) < 4.78 is 16.8. The zero-order chi connectivity index (χ0) is 18.4. The first-order valence-electron chi connectivity index (χ1n) is 9.81. The first-order valence-corrected chi connectivity index (χ1v) is 9.81. The minimum absolute atomic E-state index is 0.0854. The number of hydrogen-bond acceptors (Lipinski definition) is 3. The van der Waals surface area contributed by atoms with Crippen LogP contribution in [0.15, 0.2) is 11.6 Å². The molecule has 0 bridgehead atoms. The lowest BCUT2D eigenvalue weighted by Gasteiger charge is -2.63. The average Bonchev–Trinajstić information content (AvgIpc) is 2.74. The van der Waals surface area contributed by atoms with Gasteiger partial charge in [0.25, 0.3) is 0 Å². The van der Waals surface area contributed by atoms with E-state index in [1.807, 2.05) is 27.7 Å². The van der Waals surface area contributed by atoms with E-state index in [0.29, 0.717) is 25.7 Å². The van der Waals surface area contributed by atoms with Gasteiger partial charge in [-0.1, -0.05) is 26.3 Å². The molecule has 4 heteroatoms. The molecule has 3 fully saturated rings. The van der Waals surface area contributed by atoms with Crippen LogP contribution in [0.1, 0.15) is 66.2 Å². The van der Waals surface area contributed by atoms with Crippen molar-refractivity contribution < 1.29 is 19.4 Å². The van der Waals surface area contributed by atoms with Crippen LogP contribution in [0.2, 0.25) is 0 Å². The van der Waals surface area contributed by atoms with Crippen molar-refractivity contribution in [2.45, 2.75) is 83.6 Å². The molecule has 25 heavy (non-hydrogen) atoms. The third-order valence-corrected chi connectivity index (χ3v) is 8.91. The molecule has 0 aromatic heterocycles. The summed E-state index contributed by atoms with van der Waals surface area (Å²) in [6, 6.07) is 0. The monoisotopic (exact) mass is 350 g/mol. The highest BCUT2D eigenvalue weighted by molar-refractivity contribution is 5.93. The van der Waals surface area contributed by atoms with Crippen molar-refractivity contribution in [2.75, 3.05) is 0 Å². The van der Waals surface area contributed by atoms with Crippen LogP contribution in [0.25, 0.3) is 0 Å². The molecule has 2 N–H and O–H groups in total. The summed E-state index contributed by atoms with van der Waals surface area (Å²) in [4.78, 5) is 12.2. The molecule has 0 aliphatic heterocycles. The normalized spacial score (nSPS) is 58.2. The van der Waals surface area contributed by atoms with E-state index in [1.54, 1.807) is 6.08 Å². The first kappa shape index (κ1) is 17.7. The Morgan fingerprint density at radius 2 is 1.84 bits per heavy atom. The lowest BCUT2D eigenvalue weighted by Crippen LogP contribution is -2.68. The van der Waals surface area contributed by atoms with E-state index >= 15 is 4.39 Å². The molecule has 0 aromatic rings. The van der Waals surface area contributed by atoms with Gasteiger partial charge >= 0.3 is 0 Å². The van der Waals surface area contributed by atoms with Crippen LogP contribution in [-0.4, -0.2) is 33.4 Å². The van der Waals surface area contributed by atoms with Crippen molar-refractivity contribution >= 4 is 5.78 Å². The molecule has 0 heterocycles. The molecule has 0 radical (unpaired) electrons. The molecule has 0 aromatic carbocycles. The number of fused-ring (bicyclic) bond motifs is 5. The van der Waals surface area contributed by atoms with Gasteiger partial charge in [0.15, 0.2) is 5.78 Å². The third kappa shape index (κ3) is 1.91. The minimum Gasteiger partial charge on any atom is -0.390 e. The number of rotatable bonds is 0. The number of hydrogen-bond donors (Lipinski definition) is 2. The van der Waals surface area contributed by atoms with Gasteiger partial charge in [0.05, 0.1) is 11.7 Å². The summed E-state index contributed by atoms with van der Waals surface area (Å²) in [5, 5.41) is 22.0. The molecule has 3 nitrogen and oxygen atoms in total. The van der Waals surface area contributed by atoms with E-state index in [-0.39, 0.29) is 23.5 Å². The van der Waals surface area contributed by atoms with Crippen molar-refractivity contribution in [3.63, 3.8) is 0 Å². The molecule has 0 spiro atoms. The number of halogens is 1. The predicted octanol–water partition coefficient (Wildman–Crippen LogP) is 3.58. The maximum absolute atomic E-state index is 16.8. The van der Waals surface area contributed by atoms with Gasteiger partial charge in [-0.25, -0.2) is 4.39 Å². The SMILES string of the molecule is CC1C[C@@]2(C)C(=CC1=O)CC[C@H]1[C@@H]3CCC(C)(O)[C@@]3(C)CC(O)[C@@]12F. The third-order valence-electron chi connectivity index (χ3n) is 8.91. The topological polar surface area (TPSA) is 57.5 Å². The Hall–Kier alpha value is -0.740. The van der Waals surface area contributed by atoms with Crippen molar-refractivity contribution in [2.24, 2.45) is 28.6 Å². The Morgan fingerprint density at radius 3 is 2.52 bits per heavy atom. The number of aliphatic hydroxyl groups excluding tert-OH is 1. The van der Waals surface area contributed by atoms with Gasteiger partial charge in [0.2, 0.25) is 0 Å². The van der Waals surface area contributed by atoms with Crippen LogP contribution in [-0.2, 0) is 4.79 Å². The van der Waals surface area contributed by atoms with Gasteiger partial charge in [-0.15, -0.1) is 0 Å². The summed E-state index contributed by atoms with van der Waals surface area (Å²) in [7, 11) is 0. The Labute approximate surface area is 149 Å². The largest absolute Gasteiger partial charge is 0.390 e. The highest BCUT2D eigenvalue weighted by Crippen LogP contribution is 2.70. The van der Waals surface area contributed by atoms with Gasteiger partial charge in [-0.3, -0.25) is 4.79 Å². The van der Waals surface area contributed by atoms with E-state index < -0.39 is 28.2 Å². The molecule has 4 aliphatic rings. The van der Waals surface area contributed by atoms with Crippen molar-refractivity contribution in [3.05, 3.63) is 11.6 Å². The second kappa shape index (κ2) is 4.95. The van der Waals surface area contributed by atoms with Crippen LogP contribution in [0.4, 0.5) is 4.39 Å². The van der Waals surface area contributed by atoms with Gasteiger partial charge in [0.1, 0.15) is 5.67 Å². The Balaban J connectivity index is 1.83. The molecule has 3 unspecified atom stereocenters. The number of alkyl halides is 1. The van der Waals surface area contributed by atoms with Gasteiger partial charge in [-0.05, 0) is 57.4 Å². The van der Waals surface area contributed by atoms with Crippen LogP contribution >= 0.6 is 0 Å². The average molecular weight is 350 g/mol. The van der Waals surface area contributed by atoms with E-state index in [9.17, 15) is 15.0 Å².